The first kappa shape index (κ1) is 12.1. The van der Waals surface area contributed by atoms with E-state index in [0.29, 0.717) is 5.56 Å². The third kappa shape index (κ3) is 2.87. The van der Waals surface area contributed by atoms with E-state index in [2.05, 4.69) is 4.98 Å². The van der Waals surface area contributed by atoms with Crippen molar-refractivity contribution in [3.63, 3.8) is 0 Å². The smallest absolute Gasteiger partial charge is 0.354 e. The fourth-order valence-electron chi connectivity index (χ4n) is 1.33. The van der Waals surface area contributed by atoms with E-state index in [9.17, 15) is 4.79 Å². The Morgan fingerprint density at radius 1 is 1.22 bits per heavy atom. The van der Waals surface area contributed by atoms with Crippen molar-refractivity contribution < 1.29 is 9.90 Å². The van der Waals surface area contributed by atoms with E-state index >= 15 is 0 Å². The molecule has 0 aliphatic heterocycles. The minimum atomic E-state index is -1.04. The third-order valence-corrected chi connectivity index (χ3v) is 3.17. The van der Waals surface area contributed by atoms with Gasteiger partial charge in [-0.3, -0.25) is 0 Å². The second-order valence-electron chi connectivity index (χ2n) is 3.42. The van der Waals surface area contributed by atoms with Gasteiger partial charge in [0.05, 0.1) is 11.6 Å². The highest BCUT2D eigenvalue weighted by molar-refractivity contribution is 7.99. The fraction of sp³-hybridized carbons (Fsp3) is 0. The van der Waals surface area contributed by atoms with Crippen LogP contribution in [0, 0.1) is 11.3 Å². The van der Waals surface area contributed by atoms with Gasteiger partial charge in [0.1, 0.15) is 5.69 Å². The van der Waals surface area contributed by atoms with Crippen LogP contribution in [0.2, 0.25) is 0 Å². The van der Waals surface area contributed by atoms with Crippen LogP contribution in [0.4, 0.5) is 0 Å². The number of aromatic carboxylic acids is 1. The lowest BCUT2D eigenvalue weighted by Crippen LogP contribution is -1.99. The summed E-state index contributed by atoms with van der Waals surface area (Å²) < 4.78 is 0. The maximum absolute atomic E-state index is 10.8. The molecule has 4 nitrogen and oxygen atoms in total. The molecule has 1 heterocycles. The summed E-state index contributed by atoms with van der Waals surface area (Å²) in [5, 5.41) is 17.5. The standard InChI is InChI=1S/C13H8N2O2S/c14-8-9-1-3-10(4-2-9)18-11-5-6-15-12(7-11)13(16)17/h1-7H,(H,16,17). The average Bonchev–Trinajstić information content (AvgIpc) is 2.40. The monoisotopic (exact) mass is 256 g/mol. The molecular weight excluding hydrogens is 248 g/mol. The number of carboxylic acid groups (broad SMARTS) is 1. The molecule has 0 aliphatic rings. The Balaban J connectivity index is 2.20. The highest BCUT2D eigenvalue weighted by Gasteiger charge is 2.05. The van der Waals surface area contributed by atoms with E-state index in [1.807, 2.05) is 18.2 Å². The molecule has 2 rings (SSSR count). The zero-order chi connectivity index (χ0) is 13.0. The van der Waals surface area contributed by atoms with Crippen LogP contribution in [-0.4, -0.2) is 16.1 Å². The number of nitriles is 1. The summed E-state index contributed by atoms with van der Waals surface area (Å²) in [7, 11) is 0. The molecule has 1 aromatic heterocycles. The molecular formula is C13H8N2O2S. The molecule has 0 spiro atoms. The molecule has 88 valence electrons. The van der Waals surface area contributed by atoms with Gasteiger partial charge in [0.2, 0.25) is 0 Å². The second-order valence-corrected chi connectivity index (χ2v) is 4.57. The highest BCUT2D eigenvalue weighted by Crippen LogP contribution is 2.27. The molecule has 0 atom stereocenters. The summed E-state index contributed by atoms with van der Waals surface area (Å²) in [5.74, 6) is -1.04. The quantitative estimate of drug-likeness (QED) is 0.914. The Morgan fingerprint density at radius 3 is 2.56 bits per heavy atom. The van der Waals surface area contributed by atoms with Crippen LogP contribution >= 0.6 is 11.8 Å². The fourth-order valence-corrected chi connectivity index (χ4v) is 2.17. The number of benzene rings is 1. The van der Waals surface area contributed by atoms with Crippen molar-refractivity contribution in [1.29, 1.82) is 5.26 Å². The van der Waals surface area contributed by atoms with Crippen LogP contribution in [-0.2, 0) is 0 Å². The number of pyridine rings is 1. The molecule has 1 N–H and O–H groups in total. The molecule has 0 aliphatic carbocycles. The Labute approximate surface area is 108 Å². The Hall–Kier alpha value is -2.32. The molecule has 0 amide bonds. The summed E-state index contributed by atoms with van der Waals surface area (Å²) in [5.41, 5.74) is 0.619. The van der Waals surface area contributed by atoms with Crippen LogP contribution in [0.3, 0.4) is 0 Å². The number of carbonyl (C=O) groups is 1. The molecule has 0 saturated heterocycles. The van der Waals surface area contributed by atoms with Crippen LogP contribution < -0.4 is 0 Å². The van der Waals surface area contributed by atoms with Crippen LogP contribution in [0.1, 0.15) is 16.1 Å². The van der Waals surface area contributed by atoms with Crippen molar-refractivity contribution in [2.45, 2.75) is 9.79 Å². The zero-order valence-corrected chi connectivity index (χ0v) is 10.0. The normalized spacial score (nSPS) is 9.72. The predicted molar refractivity (Wildman–Crippen MR) is 66.5 cm³/mol. The van der Waals surface area contributed by atoms with Crippen molar-refractivity contribution in [3.8, 4) is 6.07 Å². The van der Waals surface area contributed by atoms with Gasteiger partial charge in [-0.2, -0.15) is 5.26 Å². The Morgan fingerprint density at radius 2 is 1.94 bits per heavy atom. The summed E-state index contributed by atoms with van der Waals surface area (Å²) in [6.45, 7) is 0. The Kier molecular flexibility index (Phi) is 3.60. The van der Waals surface area contributed by atoms with Crippen molar-refractivity contribution in [2.24, 2.45) is 0 Å². The lowest BCUT2D eigenvalue weighted by molar-refractivity contribution is 0.0690. The lowest BCUT2D eigenvalue weighted by atomic mass is 10.2. The van der Waals surface area contributed by atoms with E-state index in [0.717, 1.165) is 9.79 Å². The SMILES string of the molecule is N#Cc1ccc(Sc2ccnc(C(=O)O)c2)cc1. The van der Waals surface area contributed by atoms with E-state index in [1.165, 1.54) is 24.0 Å². The second kappa shape index (κ2) is 5.34. The molecule has 0 radical (unpaired) electrons. The molecule has 1 aromatic carbocycles. The van der Waals surface area contributed by atoms with Gasteiger partial charge in [0.15, 0.2) is 0 Å². The average molecular weight is 256 g/mol. The minimum absolute atomic E-state index is 0.0219. The first-order valence-corrected chi connectivity index (χ1v) is 5.88. The molecule has 18 heavy (non-hydrogen) atoms. The van der Waals surface area contributed by atoms with Gasteiger partial charge >= 0.3 is 5.97 Å². The third-order valence-electron chi connectivity index (χ3n) is 2.17. The van der Waals surface area contributed by atoms with Crippen LogP contribution in [0.15, 0.2) is 52.4 Å². The Bertz CT molecular complexity index is 618. The molecule has 0 fully saturated rings. The number of rotatable bonds is 3. The van der Waals surface area contributed by atoms with Gasteiger partial charge in [-0.1, -0.05) is 11.8 Å². The first-order chi connectivity index (χ1) is 8.69. The number of hydrogen-bond acceptors (Lipinski definition) is 4. The van der Waals surface area contributed by atoms with E-state index < -0.39 is 5.97 Å². The minimum Gasteiger partial charge on any atom is -0.477 e. The molecule has 0 saturated carbocycles. The topological polar surface area (TPSA) is 74.0 Å². The zero-order valence-electron chi connectivity index (χ0n) is 9.20. The van der Waals surface area contributed by atoms with Gasteiger partial charge in [-0.25, -0.2) is 9.78 Å². The van der Waals surface area contributed by atoms with Gasteiger partial charge < -0.3 is 5.11 Å². The molecule has 5 heteroatoms. The van der Waals surface area contributed by atoms with Gasteiger partial charge in [0.25, 0.3) is 0 Å². The van der Waals surface area contributed by atoms with Crippen molar-refractivity contribution >= 4 is 17.7 Å². The van der Waals surface area contributed by atoms with Crippen molar-refractivity contribution in [3.05, 3.63) is 53.9 Å². The maximum Gasteiger partial charge on any atom is 0.354 e. The summed E-state index contributed by atoms with van der Waals surface area (Å²) in [4.78, 5) is 16.3. The largest absolute Gasteiger partial charge is 0.477 e. The van der Waals surface area contributed by atoms with Crippen molar-refractivity contribution in [1.82, 2.24) is 4.98 Å². The van der Waals surface area contributed by atoms with Gasteiger partial charge in [-0.15, -0.1) is 0 Å². The molecule has 2 aromatic rings. The van der Waals surface area contributed by atoms with E-state index in [4.69, 9.17) is 10.4 Å². The van der Waals surface area contributed by atoms with Crippen LogP contribution in [0.25, 0.3) is 0 Å². The number of nitrogens with zero attached hydrogens (tertiary/aromatic N) is 2. The number of aromatic nitrogens is 1. The molecule has 0 bridgehead atoms. The van der Waals surface area contributed by atoms with Crippen molar-refractivity contribution in [2.75, 3.05) is 0 Å². The summed E-state index contributed by atoms with van der Waals surface area (Å²) in [6.07, 6.45) is 1.47. The number of carboxylic acids is 1. The van der Waals surface area contributed by atoms with E-state index in [-0.39, 0.29) is 5.69 Å². The van der Waals surface area contributed by atoms with Gasteiger partial charge in [-0.05, 0) is 36.4 Å². The first-order valence-electron chi connectivity index (χ1n) is 5.06. The van der Waals surface area contributed by atoms with Crippen LogP contribution in [0.5, 0.6) is 0 Å². The van der Waals surface area contributed by atoms with Gasteiger partial charge in [0, 0.05) is 16.0 Å². The summed E-state index contributed by atoms with van der Waals surface area (Å²) in [6, 6.07) is 12.4. The maximum atomic E-state index is 10.8. The predicted octanol–water partition coefficient (Wildman–Crippen LogP) is 2.80. The molecule has 0 unspecified atom stereocenters. The lowest BCUT2D eigenvalue weighted by Gasteiger charge is -2.02. The number of hydrogen-bond donors (Lipinski definition) is 1. The highest BCUT2D eigenvalue weighted by atomic mass is 32.2. The summed E-state index contributed by atoms with van der Waals surface area (Å²) >= 11 is 1.43. The van der Waals surface area contributed by atoms with E-state index in [1.54, 1.807) is 18.2 Å².